The molecule has 20 heavy (non-hydrogen) atoms. The summed E-state index contributed by atoms with van der Waals surface area (Å²) in [6, 6.07) is 10.8. The molecule has 0 spiro atoms. The Morgan fingerprint density at radius 2 is 1.55 bits per heavy atom. The maximum Gasteiger partial charge on any atom is 0.167 e. The number of hydrogen-bond donors (Lipinski definition) is 0. The van der Waals surface area contributed by atoms with E-state index in [0.717, 1.165) is 17.7 Å². The number of Topliss-reactive ketones (excluding diaryl/α,β-unsaturated/α-hetero) is 1. The lowest BCUT2D eigenvalue weighted by Gasteiger charge is -2.07. The first-order valence-electron chi connectivity index (χ1n) is 6.55. The fourth-order valence-corrected chi connectivity index (χ4v) is 2.02. The Kier molecular flexibility index (Phi) is 4.28. The topological polar surface area (TPSA) is 17.1 Å². The van der Waals surface area contributed by atoms with Gasteiger partial charge in [0.25, 0.3) is 0 Å². The molecule has 0 radical (unpaired) electrons. The molecule has 0 aromatic heterocycles. The van der Waals surface area contributed by atoms with Crippen LogP contribution in [0.3, 0.4) is 0 Å². The number of carbonyl (C=O) groups is 1. The molecule has 0 N–H and O–H groups in total. The van der Waals surface area contributed by atoms with Crippen molar-refractivity contribution in [3.8, 4) is 0 Å². The molecule has 0 atom stereocenters. The second-order valence-electron chi connectivity index (χ2n) is 5.08. The Labute approximate surface area is 117 Å². The van der Waals surface area contributed by atoms with E-state index in [0.29, 0.717) is 11.5 Å². The predicted molar refractivity (Wildman–Crippen MR) is 74.9 cm³/mol. The zero-order valence-electron chi connectivity index (χ0n) is 11.5. The summed E-state index contributed by atoms with van der Waals surface area (Å²) in [6.07, 6.45) is -0.264. The summed E-state index contributed by atoms with van der Waals surface area (Å²) in [5.41, 5.74) is 1.42. The lowest BCUT2D eigenvalue weighted by Crippen LogP contribution is -2.07. The van der Waals surface area contributed by atoms with Crippen LogP contribution in [0.15, 0.2) is 42.5 Å². The monoisotopic (exact) mass is 274 g/mol. The van der Waals surface area contributed by atoms with E-state index in [-0.39, 0.29) is 17.8 Å². The van der Waals surface area contributed by atoms with Crippen LogP contribution in [0.1, 0.15) is 41.3 Å². The number of carbonyl (C=O) groups excluding carboxylic acids is 1. The van der Waals surface area contributed by atoms with Crippen LogP contribution in [0, 0.1) is 11.6 Å². The quantitative estimate of drug-likeness (QED) is 0.749. The summed E-state index contributed by atoms with van der Waals surface area (Å²) >= 11 is 0. The number of benzene rings is 2. The van der Waals surface area contributed by atoms with Gasteiger partial charge in [-0.05, 0) is 23.6 Å². The molecule has 0 amide bonds. The third-order valence-electron chi connectivity index (χ3n) is 3.30. The fourth-order valence-electron chi connectivity index (χ4n) is 2.02. The molecular formula is C17H16F2O. The lowest BCUT2D eigenvalue weighted by molar-refractivity contribution is 0.0990. The highest BCUT2D eigenvalue weighted by Crippen LogP contribution is 2.18. The first-order valence-corrected chi connectivity index (χ1v) is 6.55. The summed E-state index contributed by atoms with van der Waals surface area (Å²) in [6.45, 7) is 4.12. The highest BCUT2D eigenvalue weighted by atomic mass is 19.1. The summed E-state index contributed by atoms with van der Waals surface area (Å²) in [5.74, 6) is -1.28. The summed E-state index contributed by atoms with van der Waals surface area (Å²) < 4.78 is 27.0. The summed E-state index contributed by atoms with van der Waals surface area (Å²) in [7, 11) is 0. The van der Waals surface area contributed by atoms with Gasteiger partial charge in [0.05, 0.1) is 0 Å². The number of hydrogen-bond acceptors (Lipinski definition) is 1. The van der Waals surface area contributed by atoms with E-state index in [4.69, 9.17) is 0 Å². The van der Waals surface area contributed by atoms with Crippen molar-refractivity contribution < 1.29 is 13.6 Å². The Morgan fingerprint density at radius 3 is 2.05 bits per heavy atom. The molecule has 0 fully saturated rings. The average molecular weight is 274 g/mol. The summed E-state index contributed by atoms with van der Waals surface area (Å²) in [5, 5.41) is 0. The third kappa shape index (κ3) is 3.10. The smallest absolute Gasteiger partial charge is 0.167 e. The minimum Gasteiger partial charge on any atom is -0.294 e. The SMILES string of the molecule is CC(C)c1ccc(C(=O)Cc2c(F)cccc2F)cc1. The largest absolute Gasteiger partial charge is 0.294 e. The molecule has 0 unspecified atom stereocenters. The molecule has 1 nitrogen and oxygen atoms in total. The van der Waals surface area contributed by atoms with E-state index >= 15 is 0 Å². The third-order valence-corrected chi connectivity index (χ3v) is 3.30. The van der Waals surface area contributed by atoms with Crippen molar-refractivity contribution in [2.24, 2.45) is 0 Å². The van der Waals surface area contributed by atoms with Crippen LogP contribution in [0.2, 0.25) is 0 Å². The van der Waals surface area contributed by atoms with Crippen molar-refractivity contribution in [3.63, 3.8) is 0 Å². The Bertz CT molecular complexity index is 595. The van der Waals surface area contributed by atoms with Crippen molar-refractivity contribution in [3.05, 3.63) is 70.8 Å². The normalized spacial score (nSPS) is 10.8. The van der Waals surface area contributed by atoms with Crippen LogP contribution in [0.5, 0.6) is 0 Å². The van der Waals surface area contributed by atoms with Crippen molar-refractivity contribution in [1.82, 2.24) is 0 Å². The van der Waals surface area contributed by atoms with Gasteiger partial charge in [-0.1, -0.05) is 44.2 Å². The molecule has 104 valence electrons. The molecule has 2 aromatic carbocycles. The van der Waals surface area contributed by atoms with E-state index < -0.39 is 11.6 Å². The standard InChI is InChI=1S/C17H16F2O/c1-11(2)12-6-8-13(9-7-12)17(20)10-14-15(18)4-3-5-16(14)19/h3-9,11H,10H2,1-2H3. The van der Waals surface area contributed by atoms with Gasteiger partial charge < -0.3 is 0 Å². The van der Waals surface area contributed by atoms with E-state index in [1.807, 2.05) is 12.1 Å². The molecule has 2 rings (SSSR count). The first kappa shape index (κ1) is 14.4. The van der Waals surface area contributed by atoms with E-state index in [1.165, 1.54) is 6.07 Å². The van der Waals surface area contributed by atoms with Crippen LogP contribution in [-0.2, 0) is 6.42 Å². The zero-order chi connectivity index (χ0) is 14.7. The van der Waals surface area contributed by atoms with Crippen molar-refractivity contribution in [1.29, 1.82) is 0 Å². The van der Waals surface area contributed by atoms with Crippen LogP contribution < -0.4 is 0 Å². The molecule has 0 aliphatic carbocycles. The molecule has 2 aromatic rings. The van der Waals surface area contributed by atoms with Crippen LogP contribution in [0.25, 0.3) is 0 Å². The number of halogens is 2. The second-order valence-corrected chi connectivity index (χ2v) is 5.08. The minimum absolute atomic E-state index is 0.176. The number of rotatable bonds is 4. The average Bonchev–Trinajstić information content (AvgIpc) is 2.43. The molecule has 0 saturated heterocycles. The molecule has 0 heterocycles. The predicted octanol–water partition coefficient (Wildman–Crippen LogP) is 4.51. The maximum absolute atomic E-state index is 13.5. The molecule has 0 aliphatic heterocycles. The van der Waals surface area contributed by atoms with Gasteiger partial charge in [0.1, 0.15) is 11.6 Å². The Balaban J connectivity index is 2.20. The van der Waals surface area contributed by atoms with Gasteiger partial charge in [-0.2, -0.15) is 0 Å². The van der Waals surface area contributed by atoms with Crippen LogP contribution in [-0.4, -0.2) is 5.78 Å². The van der Waals surface area contributed by atoms with Gasteiger partial charge in [0, 0.05) is 17.5 Å². The highest BCUT2D eigenvalue weighted by molar-refractivity contribution is 5.97. The molecular weight excluding hydrogens is 258 g/mol. The molecule has 3 heteroatoms. The van der Waals surface area contributed by atoms with Crippen LogP contribution in [0.4, 0.5) is 8.78 Å². The molecule has 0 bridgehead atoms. The number of ketones is 1. The highest BCUT2D eigenvalue weighted by Gasteiger charge is 2.14. The van der Waals surface area contributed by atoms with E-state index in [1.54, 1.807) is 12.1 Å². The van der Waals surface area contributed by atoms with Gasteiger partial charge in [0.2, 0.25) is 0 Å². The Morgan fingerprint density at radius 1 is 1.00 bits per heavy atom. The van der Waals surface area contributed by atoms with Gasteiger partial charge in [-0.15, -0.1) is 0 Å². The minimum atomic E-state index is -0.683. The second kappa shape index (κ2) is 5.95. The molecule has 0 saturated carbocycles. The van der Waals surface area contributed by atoms with Gasteiger partial charge >= 0.3 is 0 Å². The van der Waals surface area contributed by atoms with Gasteiger partial charge in [0.15, 0.2) is 5.78 Å². The van der Waals surface area contributed by atoms with Crippen molar-refractivity contribution in [2.45, 2.75) is 26.2 Å². The maximum atomic E-state index is 13.5. The lowest BCUT2D eigenvalue weighted by atomic mass is 9.98. The van der Waals surface area contributed by atoms with Crippen molar-refractivity contribution in [2.75, 3.05) is 0 Å². The fraction of sp³-hybridized carbons (Fsp3) is 0.235. The summed E-state index contributed by atoms with van der Waals surface area (Å²) in [4.78, 5) is 12.1. The zero-order valence-corrected chi connectivity index (χ0v) is 11.5. The van der Waals surface area contributed by atoms with Gasteiger partial charge in [-0.3, -0.25) is 4.79 Å². The first-order chi connectivity index (χ1) is 9.49. The van der Waals surface area contributed by atoms with E-state index in [2.05, 4.69) is 13.8 Å². The Hall–Kier alpha value is -2.03. The molecule has 0 aliphatic rings. The van der Waals surface area contributed by atoms with Crippen LogP contribution >= 0.6 is 0 Å². The van der Waals surface area contributed by atoms with Gasteiger partial charge in [-0.25, -0.2) is 8.78 Å². The van der Waals surface area contributed by atoms with Crippen molar-refractivity contribution >= 4 is 5.78 Å². The van der Waals surface area contributed by atoms with E-state index in [9.17, 15) is 13.6 Å².